The molecule has 0 spiro atoms. The number of amides is 1. The third kappa shape index (κ3) is 3.24. The third-order valence-corrected chi connectivity index (χ3v) is 7.59. The summed E-state index contributed by atoms with van der Waals surface area (Å²) in [5.74, 6) is 2.55. The van der Waals surface area contributed by atoms with Gasteiger partial charge in [-0.05, 0) is 88.7 Å². The number of carbonyl (C=O) groups excluding carboxylic acids is 1. The van der Waals surface area contributed by atoms with E-state index in [0.717, 1.165) is 48.3 Å². The van der Waals surface area contributed by atoms with Crippen molar-refractivity contribution in [1.29, 1.82) is 5.26 Å². The second kappa shape index (κ2) is 6.56. The van der Waals surface area contributed by atoms with Crippen LogP contribution in [-0.4, -0.2) is 21.7 Å². The van der Waals surface area contributed by atoms with E-state index in [1.165, 1.54) is 31.0 Å². The van der Waals surface area contributed by atoms with E-state index in [0.29, 0.717) is 10.6 Å². The summed E-state index contributed by atoms with van der Waals surface area (Å²) in [7, 11) is 0. The molecule has 26 heavy (non-hydrogen) atoms. The molecule has 4 bridgehead atoms. The van der Waals surface area contributed by atoms with Gasteiger partial charge >= 0.3 is 0 Å². The molecular formula is C21H27N3OS. The Balaban J connectivity index is 1.47. The van der Waals surface area contributed by atoms with Gasteiger partial charge in [-0.1, -0.05) is 11.8 Å². The topological polar surface area (TPSA) is 65.8 Å². The van der Waals surface area contributed by atoms with E-state index >= 15 is 0 Å². The molecule has 1 N–H and O–H groups in total. The standard InChI is InChI=1S/C21H27N3OS/c1-12-4-13(2)23-20(18(12)11-22)26-14(3)19(25)24-21-8-15-5-16(9-21)7-17(6-15)10-21/h4,14-17H,5-10H2,1-3H3,(H,24,25). The monoisotopic (exact) mass is 369 g/mol. The van der Waals surface area contributed by atoms with Crippen molar-refractivity contribution in [2.24, 2.45) is 17.8 Å². The molecular weight excluding hydrogens is 342 g/mol. The molecule has 5 rings (SSSR count). The molecule has 5 heteroatoms. The number of nitrogens with zero attached hydrogens (tertiary/aromatic N) is 2. The molecule has 1 aromatic heterocycles. The van der Waals surface area contributed by atoms with Crippen LogP contribution < -0.4 is 5.32 Å². The zero-order valence-electron chi connectivity index (χ0n) is 15.8. The second-order valence-electron chi connectivity index (χ2n) is 8.82. The van der Waals surface area contributed by atoms with Gasteiger partial charge in [0.05, 0.1) is 10.8 Å². The van der Waals surface area contributed by atoms with Crippen LogP contribution in [0.1, 0.15) is 62.3 Å². The average molecular weight is 370 g/mol. The quantitative estimate of drug-likeness (QED) is 0.810. The van der Waals surface area contributed by atoms with Crippen molar-refractivity contribution >= 4 is 17.7 Å². The number of carbonyl (C=O) groups is 1. The number of nitriles is 1. The minimum absolute atomic E-state index is 0.0364. The van der Waals surface area contributed by atoms with E-state index in [1.54, 1.807) is 0 Å². The van der Waals surface area contributed by atoms with E-state index in [4.69, 9.17) is 0 Å². The highest BCUT2D eigenvalue weighted by molar-refractivity contribution is 8.00. The molecule has 1 heterocycles. The number of rotatable bonds is 4. The highest BCUT2D eigenvalue weighted by Gasteiger charge is 2.51. The van der Waals surface area contributed by atoms with Crippen LogP contribution in [0.15, 0.2) is 11.1 Å². The first-order chi connectivity index (χ1) is 12.4. The van der Waals surface area contributed by atoms with Crippen LogP contribution in [0.2, 0.25) is 0 Å². The Kier molecular flexibility index (Phi) is 4.51. The zero-order chi connectivity index (χ0) is 18.5. The summed E-state index contributed by atoms with van der Waals surface area (Å²) in [5, 5.41) is 13.3. The van der Waals surface area contributed by atoms with Gasteiger partial charge in [-0.3, -0.25) is 4.79 Å². The fourth-order valence-corrected chi connectivity index (χ4v) is 6.89. The van der Waals surface area contributed by atoms with Gasteiger partial charge in [-0.15, -0.1) is 0 Å². The average Bonchev–Trinajstić information content (AvgIpc) is 2.52. The summed E-state index contributed by atoms with van der Waals surface area (Å²) >= 11 is 1.41. The highest BCUT2D eigenvalue weighted by atomic mass is 32.2. The Hall–Kier alpha value is -1.54. The fourth-order valence-electron chi connectivity index (χ4n) is 5.87. The molecule has 4 nitrogen and oxygen atoms in total. The van der Waals surface area contributed by atoms with Crippen LogP contribution in [0.4, 0.5) is 0 Å². The van der Waals surface area contributed by atoms with E-state index < -0.39 is 0 Å². The molecule has 4 saturated carbocycles. The Labute approximate surface area is 160 Å². The van der Waals surface area contributed by atoms with Crippen LogP contribution in [0.3, 0.4) is 0 Å². The van der Waals surface area contributed by atoms with E-state index in [-0.39, 0.29) is 16.7 Å². The largest absolute Gasteiger partial charge is 0.350 e. The molecule has 1 amide bonds. The summed E-state index contributed by atoms with van der Waals surface area (Å²) in [6.07, 6.45) is 7.60. The molecule has 0 radical (unpaired) electrons. The van der Waals surface area contributed by atoms with Crippen molar-refractivity contribution in [3.8, 4) is 6.07 Å². The van der Waals surface area contributed by atoms with Gasteiger partial charge in [0.1, 0.15) is 11.1 Å². The first kappa shape index (κ1) is 17.9. The van der Waals surface area contributed by atoms with Crippen molar-refractivity contribution in [3.63, 3.8) is 0 Å². The lowest BCUT2D eigenvalue weighted by molar-refractivity contribution is -0.126. The predicted molar refractivity (Wildman–Crippen MR) is 103 cm³/mol. The second-order valence-corrected chi connectivity index (χ2v) is 10.1. The molecule has 0 saturated heterocycles. The normalized spacial score (nSPS) is 32.9. The van der Waals surface area contributed by atoms with E-state index in [2.05, 4.69) is 16.4 Å². The fraction of sp³-hybridized carbons (Fsp3) is 0.667. The third-order valence-electron chi connectivity index (χ3n) is 6.51. The first-order valence-electron chi connectivity index (χ1n) is 9.74. The summed E-state index contributed by atoms with van der Waals surface area (Å²) in [6, 6.07) is 4.17. The molecule has 4 aliphatic carbocycles. The maximum absolute atomic E-state index is 13.0. The number of nitrogens with one attached hydrogen (secondary N) is 1. The van der Waals surface area contributed by atoms with Crippen LogP contribution >= 0.6 is 11.8 Å². The summed E-state index contributed by atoms with van der Waals surface area (Å²) in [6.45, 7) is 5.79. The molecule has 138 valence electrons. The van der Waals surface area contributed by atoms with Gasteiger partial charge in [-0.2, -0.15) is 5.26 Å². The predicted octanol–water partition coefficient (Wildman–Crippen LogP) is 4.14. The molecule has 1 atom stereocenters. The van der Waals surface area contributed by atoms with Gasteiger partial charge in [-0.25, -0.2) is 4.98 Å². The van der Waals surface area contributed by atoms with Crippen molar-refractivity contribution in [2.45, 2.75) is 75.1 Å². The zero-order valence-corrected chi connectivity index (χ0v) is 16.7. The lowest BCUT2D eigenvalue weighted by atomic mass is 9.53. The van der Waals surface area contributed by atoms with Crippen molar-refractivity contribution < 1.29 is 4.79 Å². The highest BCUT2D eigenvalue weighted by Crippen LogP contribution is 2.55. The van der Waals surface area contributed by atoms with Gasteiger partial charge < -0.3 is 5.32 Å². The van der Waals surface area contributed by atoms with E-state index in [1.807, 2.05) is 26.8 Å². The Bertz CT molecular complexity index is 747. The SMILES string of the molecule is Cc1cc(C)c(C#N)c(SC(C)C(=O)NC23CC4CC(CC(C4)C2)C3)n1. The van der Waals surface area contributed by atoms with Gasteiger partial charge in [0.25, 0.3) is 0 Å². The minimum atomic E-state index is -0.246. The molecule has 1 aromatic rings. The minimum Gasteiger partial charge on any atom is -0.350 e. The van der Waals surface area contributed by atoms with Crippen LogP contribution in [0.25, 0.3) is 0 Å². The molecule has 4 fully saturated rings. The Morgan fingerprint density at radius 1 is 1.27 bits per heavy atom. The van der Waals surface area contributed by atoms with Crippen LogP contribution in [0.5, 0.6) is 0 Å². The van der Waals surface area contributed by atoms with Gasteiger partial charge in [0.2, 0.25) is 5.91 Å². The summed E-state index contributed by atoms with van der Waals surface area (Å²) < 4.78 is 0. The maximum atomic E-state index is 13.0. The van der Waals surface area contributed by atoms with Crippen molar-refractivity contribution in [1.82, 2.24) is 10.3 Å². The smallest absolute Gasteiger partial charge is 0.233 e. The van der Waals surface area contributed by atoms with Crippen LogP contribution in [0, 0.1) is 42.9 Å². The maximum Gasteiger partial charge on any atom is 0.233 e. The number of thioether (sulfide) groups is 1. The first-order valence-corrected chi connectivity index (χ1v) is 10.6. The number of pyridine rings is 1. The van der Waals surface area contributed by atoms with Gasteiger partial charge in [0.15, 0.2) is 0 Å². The lowest BCUT2D eigenvalue weighted by Crippen LogP contribution is -2.60. The molecule has 1 unspecified atom stereocenters. The van der Waals surface area contributed by atoms with Gasteiger partial charge in [0, 0.05) is 11.2 Å². The number of aromatic nitrogens is 1. The number of hydrogen-bond acceptors (Lipinski definition) is 4. The Morgan fingerprint density at radius 2 is 1.85 bits per heavy atom. The molecule has 0 aromatic carbocycles. The van der Waals surface area contributed by atoms with Crippen molar-refractivity contribution in [3.05, 3.63) is 22.9 Å². The molecule has 4 aliphatic rings. The summed E-state index contributed by atoms with van der Waals surface area (Å²) in [4.78, 5) is 17.5. The van der Waals surface area contributed by atoms with E-state index in [9.17, 15) is 10.1 Å². The Morgan fingerprint density at radius 3 is 2.38 bits per heavy atom. The number of hydrogen-bond donors (Lipinski definition) is 1. The number of aryl methyl sites for hydroxylation is 2. The summed E-state index contributed by atoms with van der Waals surface area (Å²) in [5.41, 5.74) is 2.44. The molecule has 0 aliphatic heterocycles. The van der Waals surface area contributed by atoms with Crippen LogP contribution in [-0.2, 0) is 4.79 Å². The lowest BCUT2D eigenvalue weighted by Gasteiger charge is -2.57. The van der Waals surface area contributed by atoms with Crippen molar-refractivity contribution in [2.75, 3.05) is 0 Å².